The van der Waals surface area contributed by atoms with Crippen LogP contribution in [0.5, 0.6) is 0 Å². The molecular formula is C18H18N2O4. The fourth-order valence-electron chi connectivity index (χ4n) is 2.42. The average Bonchev–Trinajstić information content (AvgIpc) is 2.93. The Hall–Kier alpha value is -3.07. The average molecular weight is 326 g/mol. The first-order valence-electron chi connectivity index (χ1n) is 7.60. The highest BCUT2D eigenvalue weighted by Gasteiger charge is 2.28. The molecule has 0 aliphatic rings. The lowest BCUT2D eigenvalue weighted by Gasteiger charge is -2.07. The summed E-state index contributed by atoms with van der Waals surface area (Å²) in [4.78, 5) is 27.7. The Balaban J connectivity index is 2.62. The monoisotopic (exact) mass is 326 g/mol. The van der Waals surface area contributed by atoms with Crippen molar-refractivity contribution in [2.24, 2.45) is 0 Å². The number of carbonyl (C=O) groups excluding carboxylic acids is 2. The lowest BCUT2D eigenvalue weighted by atomic mass is 10.0. The van der Waals surface area contributed by atoms with E-state index in [0.29, 0.717) is 22.5 Å². The highest BCUT2D eigenvalue weighted by molar-refractivity contribution is 6.08. The standard InChI is InChI=1S/C18H18N2O4/c1-4-23-17(21)14-11(3)20-16(15(14)18(22)24-5-2)13-8-6-12(10-19)7-9-13/h6-9,20H,4-5H2,1-3H3. The Bertz CT molecular complexity index is 798. The molecular weight excluding hydrogens is 308 g/mol. The van der Waals surface area contributed by atoms with Crippen LogP contribution in [0.25, 0.3) is 11.3 Å². The second-order valence-electron chi connectivity index (χ2n) is 5.01. The number of rotatable bonds is 5. The third kappa shape index (κ3) is 3.30. The molecule has 0 radical (unpaired) electrons. The first-order chi connectivity index (χ1) is 11.5. The number of ether oxygens (including phenoxy) is 2. The zero-order valence-electron chi connectivity index (χ0n) is 13.8. The molecule has 2 rings (SSSR count). The summed E-state index contributed by atoms with van der Waals surface area (Å²) >= 11 is 0. The number of benzene rings is 1. The molecule has 0 fully saturated rings. The Morgan fingerprint density at radius 1 is 1.04 bits per heavy atom. The smallest absolute Gasteiger partial charge is 0.341 e. The number of aromatic nitrogens is 1. The van der Waals surface area contributed by atoms with Crippen molar-refractivity contribution < 1.29 is 19.1 Å². The molecule has 0 aliphatic carbocycles. The summed E-state index contributed by atoms with van der Waals surface area (Å²) in [6.07, 6.45) is 0. The summed E-state index contributed by atoms with van der Waals surface area (Å²) in [5, 5.41) is 8.90. The molecule has 6 nitrogen and oxygen atoms in total. The molecule has 1 aromatic heterocycles. The van der Waals surface area contributed by atoms with Gasteiger partial charge in [-0.25, -0.2) is 9.59 Å². The molecule has 0 saturated heterocycles. The maximum absolute atomic E-state index is 12.4. The summed E-state index contributed by atoms with van der Waals surface area (Å²) in [5.74, 6) is -1.17. The van der Waals surface area contributed by atoms with Crippen LogP contribution in [-0.4, -0.2) is 30.1 Å². The van der Waals surface area contributed by atoms with Crippen LogP contribution in [0.4, 0.5) is 0 Å². The van der Waals surface area contributed by atoms with Gasteiger partial charge in [-0.3, -0.25) is 0 Å². The van der Waals surface area contributed by atoms with Gasteiger partial charge < -0.3 is 14.5 Å². The van der Waals surface area contributed by atoms with E-state index in [-0.39, 0.29) is 24.3 Å². The summed E-state index contributed by atoms with van der Waals surface area (Å²) in [7, 11) is 0. The van der Waals surface area contributed by atoms with Crippen LogP contribution >= 0.6 is 0 Å². The lowest BCUT2D eigenvalue weighted by molar-refractivity contribution is 0.0480. The van der Waals surface area contributed by atoms with E-state index in [1.807, 2.05) is 6.07 Å². The van der Waals surface area contributed by atoms with Crippen molar-refractivity contribution in [2.75, 3.05) is 13.2 Å². The van der Waals surface area contributed by atoms with Gasteiger partial charge in [0, 0.05) is 5.69 Å². The number of H-pyrrole nitrogens is 1. The van der Waals surface area contributed by atoms with E-state index in [0.717, 1.165) is 0 Å². The maximum Gasteiger partial charge on any atom is 0.341 e. The number of aryl methyl sites for hydroxylation is 1. The van der Waals surface area contributed by atoms with Gasteiger partial charge in [0.05, 0.1) is 41.7 Å². The van der Waals surface area contributed by atoms with Gasteiger partial charge in [-0.05, 0) is 38.5 Å². The highest BCUT2D eigenvalue weighted by Crippen LogP contribution is 2.30. The van der Waals surface area contributed by atoms with Crippen molar-refractivity contribution >= 4 is 11.9 Å². The van der Waals surface area contributed by atoms with E-state index in [1.165, 1.54) is 0 Å². The molecule has 0 bridgehead atoms. The van der Waals surface area contributed by atoms with Crippen LogP contribution < -0.4 is 0 Å². The number of hydrogen-bond donors (Lipinski definition) is 1. The molecule has 0 unspecified atom stereocenters. The molecule has 0 spiro atoms. The van der Waals surface area contributed by atoms with Crippen molar-refractivity contribution in [3.63, 3.8) is 0 Å². The van der Waals surface area contributed by atoms with Crippen molar-refractivity contribution in [1.82, 2.24) is 4.98 Å². The third-order valence-electron chi connectivity index (χ3n) is 3.45. The minimum atomic E-state index is -0.593. The van der Waals surface area contributed by atoms with Gasteiger partial charge in [0.15, 0.2) is 0 Å². The maximum atomic E-state index is 12.4. The van der Waals surface area contributed by atoms with Crippen molar-refractivity contribution in [1.29, 1.82) is 5.26 Å². The second kappa shape index (κ2) is 7.47. The van der Waals surface area contributed by atoms with E-state index in [4.69, 9.17) is 14.7 Å². The highest BCUT2D eigenvalue weighted by atomic mass is 16.5. The van der Waals surface area contributed by atoms with Gasteiger partial charge in [-0.2, -0.15) is 5.26 Å². The lowest BCUT2D eigenvalue weighted by Crippen LogP contribution is -2.13. The van der Waals surface area contributed by atoms with Crippen LogP contribution in [-0.2, 0) is 9.47 Å². The molecule has 2 aromatic rings. The number of aromatic amines is 1. The third-order valence-corrected chi connectivity index (χ3v) is 3.45. The molecule has 1 N–H and O–H groups in total. The largest absolute Gasteiger partial charge is 0.462 e. The second-order valence-corrected chi connectivity index (χ2v) is 5.01. The summed E-state index contributed by atoms with van der Waals surface area (Å²) in [6, 6.07) is 8.75. The van der Waals surface area contributed by atoms with E-state index >= 15 is 0 Å². The number of nitrogens with one attached hydrogen (secondary N) is 1. The molecule has 1 aromatic carbocycles. The number of nitrogens with zero attached hydrogens (tertiary/aromatic N) is 1. The Morgan fingerprint density at radius 3 is 2.08 bits per heavy atom. The first kappa shape index (κ1) is 17.3. The predicted octanol–water partition coefficient (Wildman–Crippen LogP) is 3.22. The Labute approximate surface area is 140 Å². The molecule has 0 aliphatic heterocycles. The first-order valence-corrected chi connectivity index (χ1v) is 7.60. The molecule has 1 heterocycles. The quantitative estimate of drug-likeness (QED) is 0.852. The van der Waals surface area contributed by atoms with E-state index in [2.05, 4.69) is 4.98 Å². The molecule has 6 heteroatoms. The zero-order chi connectivity index (χ0) is 17.7. The SMILES string of the molecule is CCOC(=O)c1c(C)[nH]c(-c2ccc(C#N)cc2)c1C(=O)OCC. The minimum Gasteiger partial charge on any atom is -0.462 e. The Kier molecular flexibility index (Phi) is 5.38. The van der Waals surface area contributed by atoms with E-state index < -0.39 is 11.9 Å². The minimum absolute atomic E-state index is 0.150. The van der Waals surface area contributed by atoms with Gasteiger partial charge in [0.2, 0.25) is 0 Å². The number of nitriles is 1. The number of hydrogen-bond acceptors (Lipinski definition) is 5. The van der Waals surface area contributed by atoms with E-state index in [1.54, 1.807) is 45.0 Å². The summed E-state index contributed by atoms with van der Waals surface area (Å²) in [6.45, 7) is 5.49. The van der Waals surface area contributed by atoms with Crippen LogP contribution in [0.1, 0.15) is 45.8 Å². The molecule has 0 saturated carbocycles. The van der Waals surface area contributed by atoms with Gasteiger partial charge >= 0.3 is 11.9 Å². The summed E-state index contributed by atoms with van der Waals surface area (Å²) < 4.78 is 10.2. The van der Waals surface area contributed by atoms with Crippen LogP contribution in [0, 0.1) is 18.3 Å². The van der Waals surface area contributed by atoms with Gasteiger partial charge in [-0.1, -0.05) is 12.1 Å². The number of esters is 2. The topological polar surface area (TPSA) is 92.2 Å². The Morgan fingerprint density at radius 2 is 1.58 bits per heavy atom. The normalized spacial score (nSPS) is 10.1. The van der Waals surface area contributed by atoms with Crippen molar-refractivity contribution in [3.8, 4) is 17.3 Å². The van der Waals surface area contributed by atoms with Crippen molar-refractivity contribution in [3.05, 3.63) is 46.6 Å². The number of carbonyl (C=O) groups is 2. The van der Waals surface area contributed by atoms with Crippen LogP contribution in [0.2, 0.25) is 0 Å². The fraction of sp³-hybridized carbons (Fsp3) is 0.278. The fourth-order valence-corrected chi connectivity index (χ4v) is 2.42. The van der Waals surface area contributed by atoms with E-state index in [9.17, 15) is 9.59 Å². The predicted molar refractivity (Wildman–Crippen MR) is 87.6 cm³/mol. The van der Waals surface area contributed by atoms with Gasteiger partial charge in [-0.15, -0.1) is 0 Å². The van der Waals surface area contributed by atoms with Gasteiger partial charge in [0.1, 0.15) is 0 Å². The zero-order valence-corrected chi connectivity index (χ0v) is 13.8. The van der Waals surface area contributed by atoms with Gasteiger partial charge in [0.25, 0.3) is 0 Å². The van der Waals surface area contributed by atoms with Crippen LogP contribution in [0.15, 0.2) is 24.3 Å². The molecule has 24 heavy (non-hydrogen) atoms. The van der Waals surface area contributed by atoms with Crippen LogP contribution in [0.3, 0.4) is 0 Å². The molecule has 124 valence electrons. The molecule has 0 atom stereocenters. The molecule has 0 amide bonds. The van der Waals surface area contributed by atoms with Crippen molar-refractivity contribution in [2.45, 2.75) is 20.8 Å². The summed E-state index contributed by atoms with van der Waals surface area (Å²) in [5.41, 5.74) is 2.50.